The highest BCUT2D eigenvalue weighted by atomic mass is 35.5. The zero-order valence-electron chi connectivity index (χ0n) is 8.34. The minimum atomic E-state index is 0.168. The van der Waals surface area contributed by atoms with Crippen molar-refractivity contribution >= 4 is 29.1 Å². The second-order valence-corrected chi connectivity index (χ2v) is 4.52. The first-order valence-electron chi connectivity index (χ1n) is 4.43. The summed E-state index contributed by atoms with van der Waals surface area (Å²) in [6, 6.07) is 5.47. The number of benzene rings is 1. The van der Waals surface area contributed by atoms with Crippen LogP contribution in [-0.2, 0) is 0 Å². The van der Waals surface area contributed by atoms with Gasteiger partial charge in [-0.3, -0.25) is 4.79 Å². The molecule has 0 atom stereocenters. The summed E-state index contributed by atoms with van der Waals surface area (Å²) in [4.78, 5) is 11.6. The Labute approximate surface area is 93.8 Å². The number of carbonyl (C=O) groups is 1. The number of Topliss-reactive ketones (excluding diaryl/α,β-unsaturated/α-hetero) is 1. The van der Waals surface area contributed by atoms with E-state index in [1.807, 2.05) is 25.3 Å². The third kappa shape index (κ3) is 3.03. The van der Waals surface area contributed by atoms with Gasteiger partial charge in [0.25, 0.3) is 0 Å². The molecule has 0 saturated heterocycles. The summed E-state index contributed by atoms with van der Waals surface area (Å²) >= 11 is 7.61. The molecule has 1 aromatic carbocycles. The van der Waals surface area contributed by atoms with Crippen LogP contribution in [0.1, 0.15) is 22.3 Å². The van der Waals surface area contributed by atoms with Gasteiger partial charge in [-0.05, 0) is 24.8 Å². The molecule has 76 valence electrons. The number of rotatable bonds is 4. The van der Waals surface area contributed by atoms with Gasteiger partial charge in [0.05, 0.1) is 0 Å². The van der Waals surface area contributed by atoms with Gasteiger partial charge in [0.1, 0.15) is 0 Å². The summed E-state index contributed by atoms with van der Waals surface area (Å²) in [5.74, 6) is 1.03. The van der Waals surface area contributed by atoms with Crippen molar-refractivity contribution in [3.63, 3.8) is 0 Å². The molecule has 0 aliphatic rings. The van der Waals surface area contributed by atoms with E-state index < -0.39 is 0 Å². The molecular weight excluding hydrogens is 216 g/mol. The van der Waals surface area contributed by atoms with Gasteiger partial charge in [0, 0.05) is 22.8 Å². The van der Waals surface area contributed by atoms with Gasteiger partial charge in [-0.15, -0.1) is 0 Å². The molecule has 14 heavy (non-hydrogen) atoms. The Balaban J connectivity index is 2.76. The maximum atomic E-state index is 11.6. The highest BCUT2D eigenvalue weighted by Crippen LogP contribution is 2.18. The second kappa shape index (κ2) is 5.42. The number of carbonyl (C=O) groups excluding carboxylic acids is 1. The predicted molar refractivity (Wildman–Crippen MR) is 63.5 cm³/mol. The summed E-state index contributed by atoms with van der Waals surface area (Å²) in [7, 11) is 0. The molecule has 0 unspecified atom stereocenters. The van der Waals surface area contributed by atoms with Crippen molar-refractivity contribution in [1.82, 2.24) is 0 Å². The third-order valence-corrected chi connectivity index (χ3v) is 3.05. The maximum absolute atomic E-state index is 11.6. The van der Waals surface area contributed by atoms with Crippen LogP contribution >= 0.6 is 23.4 Å². The first kappa shape index (κ1) is 11.6. The Morgan fingerprint density at radius 1 is 1.50 bits per heavy atom. The first-order chi connectivity index (χ1) is 6.65. The molecular formula is C11H13ClOS. The molecule has 0 aliphatic carbocycles. The zero-order chi connectivity index (χ0) is 10.6. The molecule has 0 fully saturated rings. The van der Waals surface area contributed by atoms with Gasteiger partial charge >= 0.3 is 0 Å². The van der Waals surface area contributed by atoms with Crippen LogP contribution in [0.15, 0.2) is 18.2 Å². The monoisotopic (exact) mass is 228 g/mol. The summed E-state index contributed by atoms with van der Waals surface area (Å²) in [6.07, 6.45) is 2.58. The lowest BCUT2D eigenvalue weighted by molar-refractivity contribution is 0.0989. The van der Waals surface area contributed by atoms with Gasteiger partial charge in [0.15, 0.2) is 5.78 Å². The van der Waals surface area contributed by atoms with Crippen LogP contribution in [0.4, 0.5) is 0 Å². The molecule has 0 spiro atoms. The quantitative estimate of drug-likeness (QED) is 0.733. The molecule has 0 aromatic heterocycles. The zero-order valence-corrected chi connectivity index (χ0v) is 9.91. The van der Waals surface area contributed by atoms with Crippen molar-refractivity contribution in [2.24, 2.45) is 0 Å². The average Bonchev–Trinajstić information content (AvgIpc) is 2.18. The molecule has 0 saturated carbocycles. The average molecular weight is 229 g/mol. The van der Waals surface area contributed by atoms with E-state index in [-0.39, 0.29) is 5.78 Å². The van der Waals surface area contributed by atoms with Crippen LogP contribution in [-0.4, -0.2) is 17.8 Å². The Morgan fingerprint density at radius 2 is 2.21 bits per heavy atom. The number of hydrogen-bond donors (Lipinski definition) is 0. The van der Waals surface area contributed by atoms with Crippen LogP contribution in [0.5, 0.6) is 0 Å². The molecule has 0 bridgehead atoms. The molecule has 0 heterocycles. The molecule has 3 heteroatoms. The summed E-state index contributed by atoms with van der Waals surface area (Å²) in [5, 5.41) is 0.667. The number of thioether (sulfide) groups is 1. The van der Waals surface area contributed by atoms with Crippen molar-refractivity contribution < 1.29 is 4.79 Å². The summed E-state index contributed by atoms with van der Waals surface area (Å²) in [5.41, 5.74) is 1.72. The lowest BCUT2D eigenvalue weighted by atomic mass is 10.1. The van der Waals surface area contributed by atoms with E-state index in [0.717, 1.165) is 16.9 Å². The van der Waals surface area contributed by atoms with Crippen molar-refractivity contribution in [3.05, 3.63) is 34.3 Å². The highest BCUT2D eigenvalue weighted by Gasteiger charge is 2.06. The Morgan fingerprint density at radius 3 is 2.79 bits per heavy atom. The van der Waals surface area contributed by atoms with E-state index in [1.165, 1.54) is 0 Å². The number of halogens is 1. The maximum Gasteiger partial charge on any atom is 0.163 e. The normalized spacial score (nSPS) is 10.2. The lowest BCUT2D eigenvalue weighted by Gasteiger charge is -2.02. The number of ketones is 1. The van der Waals surface area contributed by atoms with Crippen LogP contribution in [0.25, 0.3) is 0 Å². The van der Waals surface area contributed by atoms with Gasteiger partial charge in [-0.25, -0.2) is 0 Å². The van der Waals surface area contributed by atoms with Crippen molar-refractivity contribution in [1.29, 1.82) is 0 Å². The standard InChI is InChI=1S/C11H13ClOS/c1-8-3-4-9(7-10(8)12)11(13)5-6-14-2/h3-4,7H,5-6H2,1-2H3. The van der Waals surface area contributed by atoms with E-state index in [1.54, 1.807) is 17.8 Å². The molecule has 1 aromatic rings. The summed E-state index contributed by atoms with van der Waals surface area (Å²) in [6.45, 7) is 1.93. The Hall–Kier alpha value is -0.470. The molecule has 1 nitrogen and oxygen atoms in total. The first-order valence-corrected chi connectivity index (χ1v) is 6.20. The van der Waals surface area contributed by atoms with E-state index in [2.05, 4.69) is 0 Å². The minimum absolute atomic E-state index is 0.168. The van der Waals surface area contributed by atoms with Crippen molar-refractivity contribution in [2.75, 3.05) is 12.0 Å². The van der Waals surface area contributed by atoms with Gasteiger partial charge in [0.2, 0.25) is 0 Å². The lowest BCUT2D eigenvalue weighted by Crippen LogP contribution is -2.00. The van der Waals surface area contributed by atoms with Crippen LogP contribution in [0, 0.1) is 6.92 Å². The fourth-order valence-corrected chi connectivity index (χ4v) is 1.68. The Kier molecular flexibility index (Phi) is 4.49. The van der Waals surface area contributed by atoms with Gasteiger partial charge in [-0.2, -0.15) is 11.8 Å². The van der Waals surface area contributed by atoms with E-state index in [0.29, 0.717) is 11.4 Å². The van der Waals surface area contributed by atoms with Crippen molar-refractivity contribution in [3.8, 4) is 0 Å². The highest BCUT2D eigenvalue weighted by molar-refractivity contribution is 7.98. The molecule has 0 radical (unpaired) electrons. The Bertz CT molecular complexity index is 336. The molecule has 0 N–H and O–H groups in total. The van der Waals surface area contributed by atoms with Crippen LogP contribution < -0.4 is 0 Å². The molecule has 0 aliphatic heterocycles. The van der Waals surface area contributed by atoms with Gasteiger partial charge < -0.3 is 0 Å². The fourth-order valence-electron chi connectivity index (χ4n) is 1.11. The third-order valence-electron chi connectivity index (χ3n) is 2.03. The van der Waals surface area contributed by atoms with E-state index >= 15 is 0 Å². The second-order valence-electron chi connectivity index (χ2n) is 3.13. The summed E-state index contributed by atoms with van der Waals surface area (Å²) < 4.78 is 0. The van der Waals surface area contributed by atoms with E-state index in [9.17, 15) is 4.79 Å². The smallest absolute Gasteiger partial charge is 0.163 e. The van der Waals surface area contributed by atoms with Crippen molar-refractivity contribution in [2.45, 2.75) is 13.3 Å². The minimum Gasteiger partial charge on any atom is -0.294 e. The molecule has 1 rings (SSSR count). The topological polar surface area (TPSA) is 17.1 Å². The van der Waals surface area contributed by atoms with Crippen LogP contribution in [0.2, 0.25) is 5.02 Å². The van der Waals surface area contributed by atoms with E-state index in [4.69, 9.17) is 11.6 Å². The number of aryl methyl sites for hydroxylation is 1. The predicted octanol–water partition coefficient (Wildman–Crippen LogP) is 3.58. The fraction of sp³-hybridized carbons (Fsp3) is 0.364. The SMILES string of the molecule is CSCCC(=O)c1ccc(C)c(Cl)c1. The molecule has 0 amide bonds. The van der Waals surface area contributed by atoms with Crippen LogP contribution in [0.3, 0.4) is 0 Å². The van der Waals surface area contributed by atoms with Gasteiger partial charge in [-0.1, -0.05) is 23.7 Å². The largest absolute Gasteiger partial charge is 0.294 e. The number of hydrogen-bond acceptors (Lipinski definition) is 2.